The van der Waals surface area contributed by atoms with E-state index in [1.54, 1.807) is 0 Å². The molecule has 2 aliphatic carbocycles. The van der Waals surface area contributed by atoms with Crippen LogP contribution in [0.25, 0.3) is 0 Å². The van der Waals surface area contributed by atoms with Gasteiger partial charge in [0.25, 0.3) is 0 Å². The van der Waals surface area contributed by atoms with E-state index in [-0.39, 0.29) is 0 Å². The standard InChI is InChI=1S/C16H32N2/c1-12-5-8-15(9-6-12)18(3)16-10-13(2)4-7-14(16)11-17/h12-16H,4-11,17H2,1-3H3. The quantitative estimate of drug-likeness (QED) is 0.835. The van der Waals surface area contributed by atoms with E-state index in [0.29, 0.717) is 0 Å². The Morgan fingerprint density at radius 2 is 1.56 bits per heavy atom. The van der Waals surface area contributed by atoms with E-state index < -0.39 is 0 Å². The predicted molar refractivity (Wildman–Crippen MR) is 78.5 cm³/mol. The van der Waals surface area contributed by atoms with E-state index in [1.807, 2.05) is 0 Å². The largest absolute Gasteiger partial charge is 0.330 e. The summed E-state index contributed by atoms with van der Waals surface area (Å²) in [5, 5.41) is 0. The van der Waals surface area contributed by atoms with Crippen molar-refractivity contribution in [2.24, 2.45) is 23.5 Å². The van der Waals surface area contributed by atoms with Crippen molar-refractivity contribution in [3.8, 4) is 0 Å². The predicted octanol–water partition coefficient (Wildman–Crippen LogP) is 3.26. The summed E-state index contributed by atoms with van der Waals surface area (Å²) >= 11 is 0. The number of hydrogen-bond donors (Lipinski definition) is 1. The molecule has 0 aliphatic heterocycles. The van der Waals surface area contributed by atoms with E-state index >= 15 is 0 Å². The first kappa shape index (κ1) is 14.3. The van der Waals surface area contributed by atoms with E-state index in [0.717, 1.165) is 36.4 Å². The third-order valence-corrected chi connectivity index (χ3v) is 5.61. The molecule has 0 radical (unpaired) electrons. The van der Waals surface area contributed by atoms with Gasteiger partial charge in [0.15, 0.2) is 0 Å². The maximum absolute atomic E-state index is 6.00. The molecule has 2 heteroatoms. The van der Waals surface area contributed by atoms with Crippen LogP contribution in [0.4, 0.5) is 0 Å². The number of rotatable bonds is 3. The summed E-state index contributed by atoms with van der Waals surface area (Å²) in [6.07, 6.45) is 9.74. The Bertz CT molecular complexity index is 245. The first-order chi connectivity index (χ1) is 8.61. The van der Waals surface area contributed by atoms with Crippen LogP contribution in [0.1, 0.15) is 58.8 Å². The van der Waals surface area contributed by atoms with Crippen molar-refractivity contribution in [3.05, 3.63) is 0 Å². The molecular formula is C16H32N2. The first-order valence-corrected chi connectivity index (χ1v) is 8.03. The van der Waals surface area contributed by atoms with Crippen molar-refractivity contribution in [2.45, 2.75) is 70.9 Å². The summed E-state index contributed by atoms with van der Waals surface area (Å²) in [5.41, 5.74) is 6.00. The molecule has 0 saturated heterocycles. The van der Waals surface area contributed by atoms with Crippen LogP contribution in [0.2, 0.25) is 0 Å². The van der Waals surface area contributed by atoms with Gasteiger partial charge in [-0.2, -0.15) is 0 Å². The molecule has 2 saturated carbocycles. The first-order valence-electron chi connectivity index (χ1n) is 8.03. The van der Waals surface area contributed by atoms with Gasteiger partial charge in [0, 0.05) is 12.1 Å². The molecule has 0 amide bonds. The van der Waals surface area contributed by atoms with Gasteiger partial charge in [-0.25, -0.2) is 0 Å². The number of nitrogens with two attached hydrogens (primary N) is 1. The highest BCUT2D eigenvalue weighted by molar-refractivity contribution is 4.89. The third kappa shape index (κ3) is 3.27. The second kappa shape index (κ2) is 6.38. The molecule has 2 nitrogen and oxygen atoms in total. The fourth-order valence-electron chi connectivity index (χ4n) is 4.11. The lowest BCUT2D eigenvalue weighted by Crippen LogP contribution is -2.49. The second-order valence-corrected chi connectivity index (χ2v) is 7.06. The van der Waals surface area contributed by atoms with Crippen molar-refractivity contribution >= 4 is 0 Å². The Morgan fingerprint density at radius 3 is 2.17 bits per heavy atom. The zero-order valence-corrected chi connectivity index (χ0v) is 12.6. The monoisotopic (exact) mass is 252 g/mol. The molecule has 0 spiro atoms. The van der Waals surface area contributed by atoms with Gasteiger partial charge in [-0.3, -0.25) is 0 Å². The average molecular weight is 252 g/mol. The van der Waals surface area contributed by atoms with Gasteiger partial charge < -0.3 is 10.6 Å². The molecule has 2 N–H and O–H groups in total. The van der Waals surface area contributed by atoms with E-state index in [4.69, 9.17) is 5.73 Å². The lowest BCUT2D eigenvalue weighted by atomic mass is 9.77. The zero-order valence-electron chi connectivity index (χ0n) is 12.6. The van der Waals surface area contributed by atoms with Crippen molar-refractivity contribution in [2.75, 3.05) is 13.6 Å². The van der Waals surface area contributed by atoms with Gasteiger partial charge in [-0.15, -0.1) is 0 Å². The SMILES string of the molecule is CC1CCC(N(C)C2CC(C)CCC2CN)CC1. The molecular weight excluding hydrogens is 220 g/mol. The molecule has 0 aromatic heterocycles. The molecule has 0 aromatic carbocycles. The normalized spacial score (nSPS) is 42.2. The fraction of sp³-hybridized carbons (Fsp3) is 1.00. The molecule has 2 fully saturated rings. The van der Waals surface area contributed by atoms with Gasteiger partial charge in [0.05, 0.1) is 0 Å². The molecule has 106 valence electrons. The van der Waals surface area contributed by atoms with Crippen LogP contribution in [0, 0.1) is 17.8 Å². The lowest BCUT2D eigenvalue weighted by Gasteiger charge is -2.45. The second-order valence-electron chi connectivity index (χ2n) is 7.06. The highest BCUT2D eigenvalue weighted by Crippen LogP contribution is 2.35. The van der Waals surface area contributed by atoms with Crippen LogP contribution >= 0.6 is 0 Å². The van der Waals surface area contributed by atoms with Crippen molar-refractivity contribution in [1.82, 2.24) is 4.90 Å². The Labute approximate surface area is 113 Å². The minimum absolute atomic E-state index is 0.741. The molecule has 2 rings (SSSR count). The molecule has 0 bridgehead atoms. The Balaban J connectivity index is 1.94. The highest BCUT2D eigenvalue weighted by Gasteiger charge is 2.34. The fourth-order valence-corrected chi connectivity index (χ4v) is 4.11. The summed E-state index contributed by atoms with van der Waals surface area (Å²) in [5.74, 6) is 2.58. The number of hydrogen-bond acceptors (Lipinski definition) is 2. The highest BCUT2D eigenvalue weighted by atomic mass is 15.2. The van der Waals surface area contributed by atoms with Gasteiger partial charge in [0.1, 0.15) is 0 Å². The Morgan fingerprint density at radius 1 is 0.944 bits per heavy atom. The summed E-state index contributed by atoms with van der Waals surface area (Å²) in [6.45, 7) is 5.70. The molecule has 3 unspecified atom stereocenters. The van der Waals surface area contributed by atoms with Crippen LogP contribution in [0.15, 0.2) is 0 Å². The van der Waals surface area contributed by atoms with Crippen LogP contribution < -0.4 is 5.73 Å². The van der Waals surface area contributed by atoms with E-state index in [2.05, 4.69) is 25.8 Å². The smallest absolute Gasteiger partial charge is 0.0138 e. The number of nitrogens with zero attached hydrogens (tertiary/aromatic N) is 1. The summed E-state index contributed by atoms with van der Waals surface area (Å²) in [7, 11) is 2.37. The minimum atomic E-state index is 0.741. The van der Waals surface area contributed by atoms with Crippen molar-refractivity contribution in [1.29, 1.82) is 0 Å². The molecule has 0 aromatic rings. The van der Waals surface area contributed by atoms with Crippen molar-refractivity contribution < 1.29 is 0 Å². The van der Waals surface area contributed by atoms with Crippen LogP contribution in [-0.4, -0.2) is 30.6 Å². The summed E-state index contributed by atoms with van der Waals surface area (Å²) in [4.78, 5) is 2.71. The van der Waals surface area contributed by atoms with E-state index in [9.17, 15) is 0 Å². The molecule has 2 aliphatic rings. The maximum Gasteiger partial charge on any atom is 0.0138 e. The Hall–Kier alpha value is -0.0800. The van der Waals surface area contributed by atoms with Gasteiger partial charge in [-0.1, -0.05) is 20.3 Å². The average Bonchev–Trinajstić information content (AvgIpc) is 2.39. The van der Waals surface area contributed by atoms with Crippen LogP contribution in [-0.2, 0) is 0 Å². The van der Waals surface area contributed by atoms with Crippen LogP contribution in [0.5, 0.6) is 0 Å². The minimum Gasteiger partial charge on any atom is -0.330 e. The molecule has 0 heterocycles. The zero-order chi connectivity index (χ0) is 13.1. The van der Waals surface area contributed by atoms with Crippen LogP contribution in [0.3, 0.4) is 0 Å². The summed E-state index contributed by atoms with van der Waals surface area (Å²) in [6, 6.07) is 1.57. The topological polar surface area (TPSA) is 29.3 Å². The third-order valence-electron chi connectivity index (χ3n) is 5.61. The molecule has 18 heavy (non-hydrogen) atoms. The van der Waals surface area contributed by atoms with E-state index in [1.165, 1.54) is 44.9 Å². The maximum atomic E-state index is 6.00. The van der Waals surface area contributed by atoms with Gasteiger partial charge in [0.2, 0.25) is 0 Å². The van der Waals surface area contributed by atoms with Gasteiger partial charge in [-0.05, 0) is 69.9 Å². The van der Waals surface area contributed by atoms with Crippen molar-refractivity contribution in [3.63, 3.8) is 0 Å². The summed E-state index contributed by atoms with van der Waals surface area (Å²) < 4.78 is 0. The lowest BCUT2D eigenvalue weighted by molar-refractivity contribution is 0.0521. The Kier molecular flexibility index (Phi) is 5.08. The molecule has 3 atom stereocenters. The van der Waals surface area contributed by atoms with Gasteiger partial charge >= 0.3 is 0 Å².